The van der Waals surface area contributed by atoms with Crippen molar-refractivity contribution in [1.82, 2.24) is 0 Å². The molecule has 3 aromatic carbocycles. The van der Waals surface area contributed by atoms with Crippen LogP contribution < -0.4 is 5.19 Å². The lowest BCUT2D eigenvalue weighted by atomic mass is 10.0. The van der Waals surface area contributed by atoms with Gasteiger partial charge in [-0.3, -0.25) is 0 Å². The van der Waals surface area contributed by atoms with E-state index in [-0.39, 0.29) is 9.76 Å². The molecule has 0 bridgehead atoms. The first-order valence-electron chi connectivity index (χ1n) is 5.21. The molecule has 1 nitrogen and oxygen atoms in total. The van der Waals surface area contributed by atoms with E-state index in [1.54, 1.807) is 0 Å². The average molecular weight is 222 g/mol. The van der Waals surface area contributed by atoms with Crippen LogP contribution >= 0.6 is 0 Å². The lowest BCUT2D eigenvalue weighted by Gasteiger charge is -2.06. The van der Waals surface area contributed by atoms with Crippen molar-refractivity contribution >= 4 is 36.5 Å². The Morgan fingerprint density at radius 3 is 2.38 bits per heavy atom. The molecule has 0 aliphatic rings. The molecule has 1 N–H and O–H groups in total. The molecule has 0 fully saturated rings. The third-order valence-electron chi connectivity index (χ3n) is 2.91. The molecule has 0 amide bonds. The van der Waals surface area contributed by atoms with E-state index in [0.29, 0.717) is 0 Å². The van der Waals surface area contributed by atoms with E-state index in [4.69, 9.17) is 0 Å². The smallest absolute Gasteiger partial charge is 0.266 e. The third kappa shape index (κ3) is 1.35. The number of benzene rings is 3. The molecule has 0 saturated heterocycles. The van der Waals surface area contributed by atoms with Crippen LogP contribution in [0, 0.1) is 0 Å². The monoisotopic (exact) mass is 222 g/mol. The summed E-state index contributed by atoms with van der Waals surface area (Å²) in [6.07, 6.45) is 0. The van der Waals surface area contributed by atoms with E-state index in [2.05, 4.69) is 36.4 Å². The van der Waals surface area contributed by atoms with Crippen molar-refractivity contribution in [3.05, 3.63) is 54.6 Å². The van der Waals surface area contributed by atoms with Crippen LogP contribution in [0.1, 0.15) is 0 Å². The standard InChI is InChI=1S/C14H10OSi/c15-16-14-7-3-6-12-11-5-2-1-4-10(11)8-9-13(12)14/h1-9,15H. The molecule has 0 atom stereocenters. The largest absolute Gasteiger partial charge is 0.428 e. The van der Waals surface area contributed by atoms with Crippen molar-refractivity contribution in [3.8, 4) is 0 Å². The Labute approximate surface area is 96.3 Å². The second-order valence-electron chi connectivity index (χ2n) is 3.80. The minimum Gasteiger partial charge on any atom is -0.428 e. The Morgan fingerprint density at radius 1 is 0.688 bits per heavy atom. The van der Waals surface area contributed by atoms with Gasteiger partial charge in [-0.15, -0.1) is 0 Å². The molecular formula is C14H10OSi. The number of hydrogen-bond acceptors (Lipinski definition) is 1. The minimum absolute atomic E-state index is 0.145. The highest BCUT2D eigenvalue weighted by Crippen LogP contribution is 2.23. The lowest BCUT2D eigenvalue weighted by Crippen LogP contribution is -2.13. The zero-order valence-corrected chi connectivity index (χ0v) is 9.64. The predicted octanol–water partition coefficient (Wildman–Crippen LogP) is 2.23. The summed E-state index contributed by atoms with van der Waals surface area (Å²) in [6, 6.07) is 18.6. The third-order valence-corrected chi connectivity index (χ3v) is 3.58. The van der Waals surface area contributed by atoms with Gasteiger partial charge in [0.2, 0.25) is 0 Å². The molecular weight excluding hydrogens is 212 g/mol. The fourth-order valence-corrected chi connectivity index (χ4v) is 2.65. The summed E-state index contributed by atoms with van der Waals surface area (Å²) >= 11 is 0. The molecule has 0 aliphatic heterocycles. The van der Waals surface area contributed by atoms with Gasteiger partial charge < -0.3 is 4.80 Å². The quantitative estimate of drug-likeness (QED) is 0.494. The number of hydrogen-bond donors (Lipinski definition) is 1. The van der Waals surface area contributed by atoms with Gasteiger partial charge in [0, 0.05) is 0 Å². The highest BCUT2D eigenvalue weighted by molar-refractivity contribution is 6.50. The Bertz CT molecular complexity index is 661. The van der Waals surface area contributed by atoms with Gasteiger partial charge in [0.1, 0.15) is 0 Å². The maximum atomic E-state index is 9.34. The van der Waals surface area contributed by atoms with Crippen molar-refractivity contribution < 1.29 is 4.80 Å². The van der Waals surface area contributed by atoms with Crippen LogP contribution in [0.2, 0.25) is 0 Å². The first kappa shape index (κ1) is 9.57. The first-order valence-corrected chi connectivity index (χ1v) is 6.15. The summed E-state index contributed by atoms with van der Waals surface area (Å²) in [4.78, 5) is 9.34. The molecule has 3 rings (SSSR count). The Balaban J connectivity index is 2.52. The molecule has 0 aromatic heterocycles. The molecule has 0 aliphatic carbocycles. The zero-order valence-electron chi connectivity index (χ0n) is 8.64. The molecule has 0 heterocycles. The summed E-state index contributed by atoms with van der Waals surface area (Å²) in [5.41, 5.74) is 0. The van der Waals surface area contributed by atoms with Gasteiger partial charge >= 0.3 is 0 Å². The molecule has 2 heteroatoms. The summed E-state index contributed by atoms with van der Waals surface area (Å²) in [5, 5.41) is 5.89. The predicted molar refractivity (Wildman–Crippen MR) is 69.1 cm³/mol. The maximum Gasteiger partial charge on any atom is 0.266 e. The van der Waals surface area contributed by atoms with Gasteiger partial charge in [-0.25, -0.2) is 0 Å². The minimum atomic E-state index is -0.145. The SMILES string of the molecule is O[Si]c1cccc2c1ccc1ccccc12. The number of rotatable bonds is 1. The summed E-state index contributed by atoms with van der Waals surface area (Å²) < 4.78 is 0. The van der Waals surface area contributed by atoms with Crippen LogP contribution in [-0.4, -0.2) is 14.6 Å². The Hall–Kier alpha value is -1.64. The van der Waals surface area contributed by atoms with Gasteiger partial charge in [-0.1, -0.05) is 54.6 Å². The fraction of sp³-hybridized carbons (Fsp3) is 0. The topological polar surface area (TPSA) is 20.2 Å². The maximum absolute atomic E-state index is 9.34. The van der Waals surface area contributed by atoms with Crippen LogP contribution in [0.3, 0.4) is 0 Å². The van der Waals surface area contributed by atoms with Gasteiger partial charge in [0.15, 0.2) is 0 Å². The van der Waals surface area contributed by atoms with Crippen LogP contribution in [0.5, 0.6) is 0 Å². The average Bonchev–Trinajstić information content (AvgIpc) is 2.37. The molecule has 0 unspecified atom stereocenters. The highest BCUT2D eigenvalue weighted by atomic mass is 28.2. The van der Waals surface area contributed by atoms with Crippen molar-refractivity contribution in [3.63, 3.8) is 0 Å². The zero-order chi connectivity index (χ0) is 11.0. The van der Waals surface area contributed by atoms with Crippen LogP contribution in [0.25, 0.3) is 21.5 Å². The van der Waals surface area contributed by atoms with E-state index in [9.17, 15) is 4.80 Å². The van der Waals surface area contributed by atoms with E-state index in [1.165, 1.54) is 16.2 Å². The van der Waals surface area contributed by atoms with Crippen LogP contribution in [0.15, 0.2) is 54.6 Å². The Morgan fingerprint density at radius 2 is 1.50 bits per heavy atom. The van der Waals surface area contributed by atoms with Gasteiger partial charge in [0.05, 0.1) is 0 Å². The molecule has 0 saturated carbocycles. The molecule has 0 spiro atoms. The van der Waals surface area contributed by atoms with E-state index in [1.807, 2.05) is 18.2 Å². The van der Waals surface area contributed by atoms with Crippen molar-refractivity contribution in [2.75, 3.05) is 0 Å². The molecule has 3 aromatic rings. The molecule has 2 radical (unpaired) electrons. The van der Waals surface area contributed by atoms with E-state index in [0.717, 1.165) is 10.6 Å². The molecule has 76 valence electrons. The van der Waals surface area contributed by atoms with Gasteiger partial charge in [0.25, 0.3) is 9.76 Å². The summed E-state index contributed by atoms with van der Waals surface area (Å²) in [6.45, 7) is 0. The van der Waals surface area contributed by atoms with Crippen molar-refractivity contribution in [1.29, 1.82) is 0 Å². The summed E-state index contributed by atoms with van der Waals surface area (Å²) in [7, 11) is -0.145. The normalized spacial score (nSPS) is 11.1. The first-order chi connectivity index (χ1) is 7.90. The lowest BCUT2D eigenvalue weighted by molar-refractivity contribution is 0.616. The molecule has 16 heavy (non-hydrogen) atoms. The fourth-order valence-electron chi connectivity index (χ4n) is 2.14. The van der Waals surface area contributed by atoms with Crippen LogP contribution in [0.4, 0.5) is 0 Å². The van der Waals surface area contributed by atoms with E-state index >= 15 is 0 Å². The highest BCUT2D eigenvalue weighted by Gasteiger charge is 2.03. The van der Waals surface area contributed by atoms with E-state index < -0.39 is 0 Å². The second kappa shape index (κ2) is 3.74. The van der Waals surface area contributed by atoms with Gasteiger partial charge in [-0.05, 0) is 26.7 Å². The second-order valence-corrected chi connectivity index (χ2v) is 4.56. The van der Waals surface area contributed by atoms with Crippen molar-refractivity contribution in [2.45, 2.75) is 0 Å². The van der Waals surface area contributed by atoms with Crippen LogP contribution in [-0.2, 0) is 0 Å². The van der Waals surface area contributed by atoms with Gasteiger partial charge in [-0.2, -0.15) is 0 Å². The summed E-state index contributed by atoms with van der Waals surface area (Å²) in [5.74, 6) is 0. The number of fused-ring (bicyclic) bond motifs is 3. The Kier molecular flexibility index (Phi) is 2.24. The van der Waals surface area contributed by atoms with Crippen molar-refractivity contribution in [2.24, 2.45) is 0 Å².